The SMILES string of the molecule is O=P(C1=CC=C2C3=c4c(c(P(=O)(c5ccccc5)c5ccccc5)ccc4=C4C=CC=C1C24)C=CC3)(c1ccccc1)c1ccccc1.OC(CC(O)C(F)(F)F)C(F)(F)F.OC([CH-]C(O)C(F)(F)F)C(F)(F)F.[Lu].[Lu]. The van der Waals surface area contributed by atoms with Crippen LogP contribution in [0, 0.1) is 86.1 Å². The summed E-state index contributed by atoms with van der Waals surface area (Å²) >= 11 is 0. The molecule has 420 valence electrons. The van der Waals surface area contributed by atoms with Crippen LogP contribution in [0.5, 0.6) is 0 Å². The molecule has 0 bridgehead atoms. The minimum atomic E-state index is -5.20. The molecule has 5 atom stereocenters. The average molecular weight is 1430 g/mol. The number of rotatable bonds is 10. The summed E-state index contributed by atoms with van der Waals surface area (Å²) < 4.78 is 169. The largest absolute Gasteiger partial charge is 0.416 e. The second-order valence-corrected chi connectivity index (χ2v) is 22.6. The first kappa shape index (κ1) is 63.3. The monoisotopic (exact) mass is 1430 g/mol. The third kappa shape index (κ3) is 13.5. The number of hydrogen-bond donors (Lipinski definition) is 4. The quantitative estimate of drug-likeness (QED) is 0.0631. The Morgan fingerprint density at radius 1 is 0.513 bits per heavy atom. The summed E-state index contributed by atoms with van der Waals surface area (Å²) in [6.07, 6.45) is -20.0. The van der Waals surface area contributed by atoms with Crippen LogP contribution in [0.4, 0.5) is 52.7 Å². The number of halogens is 12. The summed E-state index contributed by atoms with van der Waals surface area (Å²) in [6.45, 7) is 0. The maximum atomic E-state index is 15.6. The number of allylic oxidation sites excluding steroid dienone is 9. The van der Waals surface area contributed by atoms with Crippen LogP contribution >= 0.6 is 14.3 Å². The predicted molar refractivity (Wildman–Crippen MR) is 259 cm³/mol. The fourth-order valence-corrected chi connectivity index (χ4v) is 14.6. The smallest absolute Gasteiger partial charge is 0.414 e. The topological polar surface area (TPSA) is 115 Å². The van der Waals surface area contributed by atoms with E-state index in [0.29, 0.717) is 0 Å². The fraction of sp³-hybridized carbons (Fsp3) is 0.204. The van der Waals surface area contributed by atoms with Gasteiger partial charge < -0.3 is 29.6 Å². The van der Waals surface area contributed by atoms with Gasteiger partial charge in [-0.3, -0.25) is 6.42 Å². The van der Waals surface area contributed by atoms with Crippen molar-refractivity contribution in [1.82, 2.24) is 0 Å². The van der Waals surface area contributed by atoms with E-state index in [1.165, 1.54) is 27.2 Å². The van der Waals surface area contributed by atoms with Gasteiger partial charge in [0.25, 0.3) is 0 Å². The maximum Gasteiger partial charge on any atom is 0.414 e. The summed E-state index contributed by atoms with van der Waals surface area (Å²) in [6, 6.07) is 44.0. The van der Waals surface area contributed by atoms with E-state index in [9.17, 15) is 52.7 Å². The van der Waals surface area contributed by atoms with Gasteiger partial charge >= 0.3 is 24.7 Å². The second-order valence-electron chi connectivity index (χ2n) is 17.1. The molecule has 2 radical (unpaired) electrons. The first-order chi connectivity index (χ1) is 34.7. The van der Waals surface area contributed by atoms with Crippen LogP contribution in [0.25, 0.3) is 17.2 Å². The van der Waals surface area contributed by atoms with Gasteiger partial charge in [-0.2, -0.15) is 52.7 Å². The Bertz CT molecular complexity index is 3070. The Labute approximate surface area is 486 Å². The van der Waals surface area contributed by atoms with Crippen molar-refractivity contribution in [3.8, 4) is 0 Å². The van der Waals surface area contributed by atoms with Crippen LogP contribution in [0.2, 0.25) is 0 Å². The van der Waals surface area contributed by atoms with Crippen molar-refractivity contribution < 1.29 is 156 Å². The Balaban J connectivity index is 0.000000317. The molecular weight excluding hydrogens is 1380 g/mol. The average Bonchev–Trinajstić information content (AvgIpc) is 3.37. The number of benzene rings is 5. The van der Waals surface area contributed by atoms with Gasteiger partial charge in [0.15, 0.2) is 26.5 Å². The Morgan fingerprint density at radius 2 is 0.934 bits per heavy atom. The molecule has 5 aromatic carbocycles. The number of hydrogen-bond acceptors (Lipinski definition) is 6. The first-order valence-corrected chi connectivity index (χ1v) is 25.8. The van der Waals surface area contributed by atoms with Gasteiger partial charge in [0, 0.05) is 130 Å². The molecule has 0 saturated heterocycles. The molecular formula is C54H43F12Lu2O6P2-. The molecule has 0 amide bonds. The Hall–Kier alpha value is -3.53. The van der Waals surface area contributed by atoms with Crippen molar-refractivity contribution in [3.63, 3.8) is 0 Å². The van der Waals surface area contributed by atoms with Crippen molar-refractivity contribution in [3.05, 3.63) is 209 Å². The van der Waals surface area contributed by atoms with E-state index in [-0.39, 0.29) is 79.7 Å². The van der Waals surface area contributed by atoms with E-state index < -0.39 is 76.2 Å². The molecule has 9 rings (SSSR count). The third-order valence-electron chi connectivity index (χ3n) is 12.4. The zero-order chi connectivity index (χ0) is 54.0. The standard InChI is InChI=1S/C44H32O2P2.C5H6F6O2.C5H5F6O2.2Lu/c45-47(31-15-5-1-6-16-31,32-17-7-2-8-18-32)41-29-27-37-36-24-14-26-40-42(30-28-38(44(36)40)35-23-13-25-39(41)43(35)37)48(46,33-19-9-3-10-20-33)34-21-11-4-12-22-34;2*6-4(7,8)2(12)1-3(13)5(9,10)11;;/h1-23,25-30,43H,24H2;2-3,12-13H,1H2;1-3,12-13H;;/q;;-1;;. The number of aliphatic hydroxyl groups excluding tert-OH is 4. The minimum absolute atomic E-state index is 0. The van der Waals surface area contributed by atoms with Crippen LogP contribution in [-0.2, 0) is 9.13 Å². The summed E-state index contributed by atoms with van der Waals surface area (Å²) in [5.74, 6) is -0.0292. The van der Waals surface area contributed by atoms with E-state index in [1.54, 1.807) is 0 Å². The van der Waals surface area contributed by atoms with Crippen LogP contribution in [0.15, 0.2) is 186 Å². The van der Waals surface area contributed by atoms with Gasteiger partial charge in [0.2, 0.25) is 0 Å². The molecule has 0 aromatic heterocycles. The van der Waals surface area contributed by atoms with Crippen molar-refractivity contribution in [1.29, 1.82) is 0 Å². The molecule has 4 aliphatic rings. The first-order valence-electron chi connectivity index (χ1n) is 22.4. The molecule has 0 saturated carbocycles. The van der Waals surface area contributed by atoms with Crippen molar-refractivity contribution in [2.75, 3.05) is 0 Å². The van der Waals surface area contributed by atoms with Gasteiger partial charge in [-0.1, -0.05) is 170 Å². The number of aliphatic hydroxyl groups is 4. The van der Waals surface area contributed by atoms with E-state index in [2.05, 4.69) is 54.7 Å². The van der Waals surface area contributed by atoms with Crippen LogP contribution < -0.4 is 37.0 Å². The van der Waals surface area contributed by atoms with Crippen LogP contribution in [0.3, 0.4) is 0 Å². The molecule has 0 spiro atoms. The predicted octanol–water partition coefficient (Wildman–Crippen LogP) is 9.27. The summed E-state index contributed by atoms with van der Waals surface area (Å²) in [4.78, 5) is 0. The normalized spacial score (nSPS) is 17.4. The van der Waals surface area contributed by atoms with Gasteiger partial charge in [-0.15, -0.1) is 0 Å². The molecule has 0 aliphatic heterocycles. The van der Waals surface area contributed by atoms with Crippen molar-refractivity contribution in [2.45, 2.75) is 62.0 Å². The second kappa shape index (κ2) is 25.3. The molecule has 22 heteroatoms. The summed E-state index contributed by atoms with van der Waals surface area (Å²) in [5.41, 5.74) is 5.83. The van der Waals surface area contributed by atoms with E-state index >= 15 is 9.13 Å². The van der Waals surface area contributed by atoms with Crippen LogP contribution in [0.1, 0.15) is 18.4 Å². The Kier molecular flexibility index (Phi) is 21.1. The Morgan fingerprint density at radius 3 is 1.34 bits per heavy atom. The molecule has 5 aromatic rings. The van der Waals surface area contributed by atoms with Gasteiger partial charge in [-0.25, -0.2) is 0 Å². The van der Waals surface area contributed by atoms with Crippen molar-refractivity contribution >= 4 is 58.0 Å². The number of fused-ring (bicyclic) bond motifs is 1. The van der Waals surface area contributed by atoms with Gasteiger partial charge in [-0.05, 0) is 50.8 Å². The molecule has 0 fully saturated rings. The molecule has 76 heavy (non-hydrogen) atoms. The third-order valence-corrected chi connectivity index (χ3v) is 18.6. The van der Waals surface area contributed by atoms with E-state index in [1.807, 2.05) is 121 Å². The zero-order valence-corrected chi connectivity index (χ0v) is 43.8. The van der Waals surface area contributed by atoms with E-state index in [4.69, 9.17) is 20.4 Å². The summed E-state index contributed by atoms with van der Waals surface area (Å²) in [7, 11) is -6.40. The molecule has 5 unspecified atom stereocenters. The molecule has 4 N–H and O–H groups in total. The maximum absolute atomic E-state index is 15.6. The van der Waals surface area contributed by atoms with Gasteiger partial charge in [0.05, 0.1) is 0 Å². The minimum Gasteiger partial charge on any atom is -0.416 e. The summed E-state index contributed by atoms with van der Waals surface area (Å²) in [5, 5.41) is 39.9. The number of alkyl halides is 12. The van der Waals surface area contributed by atoms with Crippen LogP contribution in [-0.4, -0.2) is 69.5 Å². The van der Waals surface area contributed by atoms with Gasteiger partial charge in [0.1, 0.15) is 0 Å². The fourth-order valence-electron chi connectivity index (χ4n) is 8.90. The molecule has 4 aliphatic carbocycles. The van der Waals surface area contributed by atoms with E-state index in [0.717, 1.165) is 49.4 Å². The van der Waals surface area contributed by atoms with Crippen molar-refractivity contribution in [2.24, 2.45) is 5.92 Å². The molecule has 6 nitrogen and oxygen atoms in total. The molecule has 0 heterocycles. The zero-order valence-electron chi connectivity index (χ0n) is 38.7.